The highest BCUT2D eigenvalue weighted by molar-refractivity contribution is 7.26. The molecule has 8 rings (SSSR count). The molecule has 2 heterocycles. The van der Waals surface area contributed by atoms with Gasteiger partial charge in [-0.1, -0.05) is 91.0 Å². The zero-order chi connectivity index (χ0) is 26.5. The minimum atomic E-state index is 1.05. The second-order valence-electron chi connectivity index (χ2n) is 10.1. The van der Waals surface area contributed by atoms with Gasteiger partial charge in [0.25, 0.3) is 0 Å². The third-order valence-corrected chi connectivity index (χ3v) is 8.83. The maximum absolute atomic E-state index is 4.87. The third-order valence-electron chi connectivity index (χ3n) is 7.66. The molecule has 40 heavy (non-hydrogen) atoms. The van der Waals surface area contributed by atoms with Crippen molar-refractivity contribution in [1.29, 1.82) is 0 Å². The molecule has 3 heteroatoms. The van der Waals surface area contributed by atoms with Crippen molar-refractivity contribution in [3.05, 3.63) is 146 Å². The van der Waals surface area contributed by atoms with Gasteiger partial charge in [0.2, 0.25) is 0 Å². The topological polar surface area (TPSA) is 16.1 Å². The molecule has 0 bridgehead atoms. The zero-order valence-corrected chi connectivity index (χ0v) is 22.5. The van der Waals surface area contributed by atoms with Gasteiger partial charge in [-0.3, -0.25) is 4.98 Å². The summed E-state index contributed by atoms with van der Waals surface area (Å²) in [7, 11) is 0. The van der Waals surface area contributed by atoms with Crippen molar-refractivity contribution >= 4 is 70.2 Å². The number of benzene rings is 6. The van der Waals surface area contributed by atoms with Crippen LogP contribution in [0, 0.1) is 0 Å². The first kappa shape index (κ1) is 22.9. The van der Waals surface area contributed by atoms with E-state index in [2.05, 4.69) is 144 Å². The molecular formula is C37H24N2S. The average Bonchev–Trinajstić information content (AvgIpc) is 3.39. The Morgan fingerprint density at radius 2 is 1.12 bits per heavy atom. The van der Waals surface area contributed by atoms with Crippen LogP contribution >= 0.6 is 11.3 Å². The highest BCUT2D eigenvalue weighted by Crippen LogP contribution is 2.44. The van der Waals surface area contributed by atoms with Gasteiger partial charge in [0, 0.05) is 27.7 Å². The number of para-hydroxylation sites is 1. The van der Waals surface area contributed by atoms with Crippen molar-refractivity contribution in [3.8, 4) is 11.1 Å². The molecule has 0 unspecified atom stereocenters. The van der Waals surface area contributed by atoms with Crippen molar-refractivity contribution in [2.75, 3.05) is 4.90 Å². The second kappa shape index (κ2) is 9.33. The van der Waals surface area contributed by atoms with E-state index in [0.717, 1.165) is 22.6 Å². The summed E-state index contributed by atoms with van der Waals surface area (Å²) in [5.41, 5.74) is 6.86. The fraction of sp³-hybridized carbons (Fsp3) is 0. The Bertz CT molecular complexity index is 2160. The molecule has 0 aliphatic carbocycles. The van der Waals surface area contributed by atoms with Crippen molar-refractivity contribution in [3.63, 3.8) is 0 Å². The quantitative estimate of drug-likeness (QED) is 0.226. The summed E-state index contributed by atoms with van der Waals surface area (Å²) in [6.07, 6.45) is 1.94. The van der Waals surface area contributed by atoms with E-state index < -0.39 is 0 Å². The van der Waals surface area contributed by atoms with Crippen LogP contribution in [0.3, 0.4) is 0 Å². The van der Waals surface area contributed by atoms with Gasteiger partial charge in [0.05, 0.1) is 15.9 Å². The minimum Gasteiger partial charge on any atom is -0.309 e. The standard InChI is InChI=1S/C37H24N2S/c1-2-12-31(13-3-1)39(32-18-16-26(17-19-32)30-15-14-25-8-4-5-9-27(25)22-30)34-20-21-38-36-33-23-28-10-6-7-11-29(28)24-35(33)40-37(34)36/h1-24H. The van der Waals surface area contributed by atoms with Gasteiger partial charge in [0.15, 0.2) is 0 Å². The molecule has 0 spiro atoms. The normalized spacial score (nSPS) is 11.5. The van der Waals surface area contributed by atoms with Crippen LogP contribution in [0.5, 0.6) is 0 Å². The van der Waals surface area contributed by atoms with E-state index in [4.69, 9.17) is 4.98 Å². The van der Waals surface area contributed by atoms with Crippen LogP contribution in [-0.2, 0) is 0 Å². The van der Waals surface area contributed by atoms with Crippen LogP contribution in [0.2, 0.25) is 0 Å². The van der Waals surface area contributed by atoms with Gasteiger partial charge in [-0.15, -0.1) is 11.3 Å². The van der Waals surface area contributed by atoms with Crippen LogP contribution in [-0.4, -0.2) is 4.98 Å². The number of fused-ring (bicyclic) bond motifs is 5. The van der Waals surface area contributed by atoms with E-state index in [1.807, 2.05) is 17.5 Å². The number of pyridine rings is 1. The number of nitrogens with zero attached hydrogens (tertiary/aromatic N) is 2. The first-order valence-corrected chi connectivity index (χ1v) is 14.3. The predicted molar refractivity (Wildman–Crippen MR) is 172 cm³/mol. The summed E-state index contributed by atoms with van der Waals surface area (Å²) < 4.78 is 2.45. The number of rotatable bonds is 4. The van der Waals surface area contributed by atoms with E-state index in [1.54, 1.807) is 0 Å². The zero-order valence-electron chi connectivity index (χ0n) is 21.7. The molecule has 0 saturated carbocycles. The fourth-order valence-electron chi connectivity index (χ4n) is 5.68. The second-order valence-corrected chi connectivity index (χ2v) is 11.1. The largest absolute Gasteiger partial charge is 0.309 e. The van der Waals surface area contributed by atoms with Gasteiger partial charge in [-0.2, -0.15) is 0 Å². The molecule has 6 aromatic carbocycles. The van der Waals surface area contributed by atoms with Crippen molar-refractivity contribution < 1.29 is 0 Å². The SMILES string of the molecule is c1ccc(N(c2ccc(-c3ccc4ccccc4c3)cc2)c2ccnc3c2sc2cc4ccccc4cc23)cc1. The van der Waals surface area contributed by atoms with Crippen molar-refractivity contribution in [2.24, 2.45) is 0 Å². The lowest BCUT2D eigenvalue weighted by Gasteiger charge is -2.26. The predicted octanol–water partition coefficient (Wildman–Crippen LogP) is 10.9. The maximum atomic E-state index is 4.87. The smallest absolute Gasteiger partial charge is 0.0909 e. The highest BCUT2D eigenvalue weighted by Gasteiger charge is 2.19. The summed E-state index contributed by atoms with van der Waals surface area (Å²) >= 11 is 1.82. The minimum absolute atomic E-state index is 1.05. The summed E-state index contributed by atoms with van der Waals surface area (Å²) in [5, 5.41) is 6.22. The molecule has 0 aliphatic rings. The van der Waals surface area contributed by atoms with E-state index >= 15 is 0 Å². The highest BCUT2D eigenvalue weighted by atomic mass is 32.1. The fourth-order valence-corrected chi connectivity index (χ4v) is 6.88. The lowest BCUT2D eigenvalue weighted by molar-refractivity contribution is 1.29. The molecular weight excluding hydrogens is 504 g/mol. The summed E-state index contributed by atoms with van der Waals surface area (Å²) in [4.78, 5) is 7.22. The van der Waals surface area contributed by atoms with Crippen LogP contribution in [0.25, 0.3) is 53.0 Å². The molecule has 2 nitrogen and oxygen atoms in total. The lowest BCUT2D eigenvalue weighted by Crippen LogP contribution is -2.10. The van der Waals surface area contributed by atoms with Crippen molar-refractivity contribution in [1.82, 2.24) is 4.98 Å². The number of hydrogen-bond acceptors (Lipinski definition) is 3. The number of anilines is 3. The Labute approximate surface area is 236 Å². The van der Waals surface area contributed by atoms with E-state index in [1.165, 1.54) is 47.5 Å². The molecule has 0 N–H and O–H groups in total. The Morgan fingerprint density at radius 1 is 0.500 bits per heavy atom. The van der Waals surface area contributed by atoms with E-state index in [0.29, 0.717) is 0 Å². The van der Waals surface area contributed by atoms with Gasteiger partial charge in [-0.05, 0) is 81.2 Å². The Kier molecular flexibility index (Phi) is 5.35. The van der Waals surface area contributed by atoms with Gasteiger partial charge < -0.3 is 4.90 Å². The summed E-state index contributed by atoms with van der Waals surface area (Å²) in [6.45, 7) is 0. The number of thiophene rings is 1. The molecule has 0 radical (unpaired) electrons. The number of aromatic nitrogens is 1. The Morgan fingerprint density at radius 3 is 1.90 bits per heavy atom. The molecule has 0 aliphatic heterocycles. The summed E-state index contributed by atoms with van der Waals surface area (Å²) in [6, 6.07) is 50.0. The van der Waals surface area contributed by atoms with Crippen molar-refractivity contribution in [2.45, 2.75) is 0 Å². The third kappa shape index (κ3) is 3.83. The van der Waals surface area contributed by atoms with Gasteiger partial charge in [-0.25, -0.2) is 0 Å². The lowest BCUT2D eigenvalue weighted by atomic mass is 10.0. The average molecular weight is 529 g/mol. The maximum Gasteiger partial charge on any atom is 0.0909 e. The molecule has 0 amide bonds. The van der Waals surface area contributed by atoms with Gasteiger partial charge in [0.1, 0.15) is 0 Å². The van der Waals surface area contributed by atoms with Crippen LogP contribution in [0.1, 0.15) is 0 Å². The summed E-state index contributed by atoms with van der Waals surface area (Å²) in [5.74, 6) is 0. The monoisotopic (exact) mass is 528 g/mol. The Hall–Kier alpha value is -4.99. The Balaban J connectivity index is 1.28. The molecule has 188 valence electrons. The van der Waals surface area contributed by atoms with Gasteiger partial charge >= 0.3 is 0 Å². The van der Waals surface area contributed by atoms with E-state index in [9.17, 15) is 0 Å². The molecule has 8 aromatic rings. The van der Waals surface area contributed by atoms with Crippen LogP contribution in [0.15, 0.2) is 146 Å². The van der Waals surface area contributed by atoms with Crippen LogP contribution in [0.4, 0.5) is 17.1 Å². The molecule has 0 saturated heterocycles. The molecule has 2 aromatic heterocycles. The van der Waals surface area contributed by atoms with E-state index in [-0.39, 0.29) is 0 Å². The molecule has 0 atom stereocenters. The molecule has 0 fully saturated rings. The first-order chi connectivity index (χ1) is 19.8. The first-order valence-electron chi connectivity index (χ1n) is 13.5. The number of hydrogen-bond donors (Lipinski definition) is 0. The van der Waals surface area contributed by atoms with Crippen LogP contribution < -0.4 is 4.90 Å².